The third-order valence-corrected chi connectivity index (χ3v) is 4.91. The first-order chi connectivity index (χ1) is 7.26. The standard InChI is InChI=1S/C10H23NO3S2/c1-5-11-10(9(2)3)8-15(12)6-7-16(4,13)14/h9-11H,5-8H2,1-4H3. The van der Waals surface area contributed by atoms with Gasteiger partial charge in [-0.05, 0) is 12.5 Å². The molecule has 4 nitrogen and oxygen atoms in total. The quantitative estimate of drug-likeness (QED) is 0.693. The van der Waals surface area contributed by atoms with E-state index in [0.717, 1.165) is 6.54 Å². The summed E-state index contributed by atoms with van der Waals surface area (Å²) in [7, 11) is -4.06. The van der Waals surface area contributed by atoms with Crippen LogP contribution in [0.2, 0.25) is 0 Å². The van der Waals surface area contributed by atoms with Gasteiger partial charge in [0.25, 0.3) is 0 Å². The topological polar surface area (TPSA) is 63.2 Å². The summed E-state index contributed by atoms with van der Waals surface area (Å²) in [6, 6.07) is 0.199. The van der Waals surface area contributed by atoms with Crippen LogP contribution in [0.4, 0.5) is 0 Å². The van der Waals surface area contributed by atoms with E-state index in [1.165, 1.54) is 6.26 Å². The Balaban J connectivity index is 4.10. The number of rotatable bonds is 8. The third-order valence-electron chi connectivity index (χ3n) is 2.32. The highest BCUT2D eigenvalue weighted by molar-refractivity contribution is 7.92. The van der Waals surface area contributed by atoms with Crippen LogP contribution in [-0.4, -0.2) is 48.7 Å². The molecule has 0 aromatic rings. The lowest BCUT2D eigenvalue weighted by molar-refractivity contribution is 0.440. The van der Waals surface area contributed by atoms with Crippen molar-refractivity contribution in [2.75, 3.05) is 30.1 Å². The number of hydrogen-bond acceptors (Lipinski definition) is 4. The summed E-state index contributed by atoms with van der Waals surface area (Å²) in [4.78, 5) is 0. The highest BCUT2D eigenvalue weighted by atomic mass is 32.2. The molecular weight excluding hydrogens is 246 g/mol. The van der Waals surface area contributed by atoms with E-state index in [-0.39, 0.29) is 17.5 Å². The monoisotopic (exact) mass is 269 g/mol. The second-order valence-electron chi connectivity index (χ2n) is 4.35. The zero-order chi connectivity index (χ0) is 12.8. The highest BCUT2D eigenvalue weighted by Gasteiger charge is 2.16. The van der Waals surface area contributed by atoms with Gasteiger partial charge in [-0.3, -0.25) is 4.21 Å². The second-order valence-corrected chi connectivity index (χ2v) is 8.23. The molecule has 2 unspecified atom stereocenters. The minimum absolute atomic E-state index is 0.0105. The van der Waals surface area contributed by atoms with Crippen molar-refractivity contribution in [1.29, 1.82) is 0 Å². The van der Waals surface area contributed by atoms with E-state index in [1.807, 2.05) is 6.92 Å². The Hall–Kier alpha value is 0.0600. The fourth-order valence-corrected chi connectivity index (χ4v) is 4.30. The average molecular weight is 269 g/mol. The Morgan fingerprint density at radius 3 is 2.25 bits per heavy atom. The summed E-state index contributed by atoms with van der Waals surface area (Å²) in [5.74, 6) is 1.19. The van der Waals surface area contributed by atoms with Crippen LogP contribution in [0, 0.1) is 5.92 Å². The zero-order valence-electron chi connectivity index (χ0n) is 10.5. The van der Waals surface area contributed by atoms with E-state index in [1.54, 1.807) is 0 Å². The molecule has 0 fully saturated rings. The molecule has 0 aliphatic carbocycles. The Labute approximate surface area is 102 Å². The molecule has 1 N–H and O–H groups in total. The summed E-state index contributed by atoms with van der Waals surface area (Å²) in [5, 5.41) is 3.27. The van der Waals surface area contributed by atoms with Crippen molar-refractivity contribution in [2.24, 2.45) is 5.92 Å². The number of nitrogens with one attached hydrogen (secondary N) is 1. The highest BCUT2D eigenvalue weighted by Crippen LogP contribution is 2.04. The molecule has 0 saturated heterocycles. The maximum absolute atomic E-state index is 11.7. The van der Waals surface area contributed by atoms with Gasteiger partial charge >= 0.3 is 0 Å². The molecule has 16 heavy (non-hydrogen) atoms. The first-order valence-electron chi connectivity index (χ1n) is 5.52. The van der Waals surface area contributed by atoms with Crippen molar-refractivity contribution in [3.63, 3.8) is 0 Å². The van der Waals surface area contributed by atoms with Gasteiger partial charge in [-0.1, -0.05) is 20.8 Å². The molecule has 0 rings (SSSR count). The Bertz CT molecular complexity index is 312. The fourth-order valence-electron chi connectivity index (χ4n) is 1.28. The molecular formula is C10H23NO3S2. The fraction of sp³-hybridized carbons (Fsp3) is 1.00. The van der Waals surface area contributed by atoms with Gasteiger partial charge in [0.1, 0.15) is 9.84 Å². The van der Waals surface area contributed by atoms with Crippen LogP contribution in [0.15, 0.2) is 0 Å². The van der Waals surface area contributed by atoms with Crippen molar-refractivity contribution in [2.45, 2.75) is 26.8 Å². The lowest BCUT2D eigenvalue weighted by atomic mass is 10.1. The van der Waals surface area contributed by atoms with Crippen LogP contribution in [0.1, 0.15) is 20.8 Å². The van der Waals surface area contributed by atoms with E-state index in [9.17, 15) is 12.6 Å². The van der Waals surface area contributed by atoms with Gasteiger partial charge in [0, 0.05) is 34.6 Å². The van der Waals surface area contributed by atoms with Crippen molar-refractivity contribution < 1.29 is 12.6 Å². The summed E-state index contributed by atoms with van der Waals surface area (Å²) >= 11 is 0. The molecule has 0 aromatic carbocycles. The lowest BCUT2D eigenvalue weighted by Gasteiger charge is -2.21. The lowest BCUT2D eigenvalue weighted by Crippen LogP contribution is -2.39. The number of sulfone groups is 1. The summed E-state index contributed by atoms with van der Waals surface area (Å²) < 4.78 is 33.5. The maximum atomic E-state index is 11.7. The van der Waals surface area contributed by atoms with Crippen molar-refractivity contribution in [1.82, 2.24) is 5.32 Å². The molecule has 6 heteroatoms. The Morgan fingerprint density at radius 2 is 1.88 bits per heavy atom. The van der Waals surface area contributed by atoms with E-state index in [0.29, 0.717) is 11.7 Å². The van der Waals surface area contributed by atoms with E-state index in [4.69, 9.17) is 0 Å². The summed E-state index contributed by atoms with van der Waals surface area (Å²) in [5.41, 5.74) is 0. The van der Waals surface area contributed by atoms with Crippen molar-refractivity contribution in [3.8, 4) is 0 Å². The maximum Gasteiger partial charge on any atom is 0.148 e. The van der Waals surface area contributed by atoms with Gasteiger partial charge in [-0.25, -0.2) is 8.42 Å². The summed E-state index contributed by atoms with van der Waals surface area (Å²) in [6.45, 7) is 6.99. The number of hydrogen-bond donors (Lipinski definition) is 1. The smallest absolute Gasteiger partial charge is 0.148 e. The van der Waals surface area contributed by atoms with Gasteiger partial charge in [0.2, 0.25) is 0 Å². The molecule has 2 atom stereocenters. The summed E-state index contributed by atoms with van der Waals surface area (Å²) in [6.07, 6.45) is 1.18. The molecule has 0 aromatic heterocycles. The minimum atomic E-state index is -3.00. The van der Waals surface area contributed by atoms with Crippen LogP contribution < -0.4 is 5.32 Å². The Kier molecular flexibility index (Phi) is 7.43. The van der Waals surface area contributed by atoms with Crippen molar-refractivity contribution in [3.05, 3.63) is 0 Å². The van der Waals surface area contributed by atoms with Gasteiger partial charge in [-0.15, -0.1) is 0 Å². The molecule has 0 amide bonds. The molecule has 98 valence electrons. The van der Waals surface area contributed by atoms with Crippen LogP contribution in [-0.2, 0) is 20.6 Å². The zero-order valence-corrected chi connectivity index (χ0v) is 12.2. The second kappa shape index (κ2) is 7.40. The van der Waals surface area contributed by atoms with Crippen LogP contribution in [0.5, 0.6) is 0 Å². The predicted molar refractivity (Wildman–Crippen MR) is 69.9 cm³/mol. The molecule has 0 radical (unpaired) electrons. The molecule has 0 spiro atoms. The normalized spacial score (nSPS) is 16.3. The van der Waals surface area contributed by atoms with Crippen LogP contribution >= 0.6 is 0 Å². The van der Waals surface area contributed by atoms with Crippen LogP contribution in [0.25, 0.3) is 0 Å². The largest absolute Gasteiger partial charge is 0.313 e. The molecule has 0 aliphatic heterocycles. The third kappa shape index (κ3) is 8.24. The SMILES string of the molecule is CCNC(CS(=O)CCS(C)(=O)=O)C(C)C. The molecule has 0 bridgehead atoms. The minimum Gasteiger partial charge on any atom is -0.313 e. The molecule has 0 saturated carbocycles. The molecule has 0 aliphatic rings. The van der Waals surface area contributed by atoms with Gasteiger partial charge in [-0.2, -0.15) is 0 Å². The van der Waals surface area contributed by atoms with E-state index >= 15 is 0 Å². The first-order valence-corrected chi connectivity index (χ1v) is 9.07. The van der Waals surface area contributed by atoms with Gasteiger partial charge < -0.3 is 5.32 Å². The van der Waals surface area contributed by atoms with Crippen molar-refractivity contribution >= 4 is 20.6 Å². The van der Waals surface area contributed by atoms with Gasteiger partial charge in [0.15, 0.2) is 0 Å². The van der Waals surface area contributed by atoms with E-state index < -0.39 is 20.6 Å². The van der Waals surface area contributed by atoms with Gasteiger partial charge in [0.05, 0.1) is 5.75 Å². The van der Waals surface area contributed by atoms with E-state index in [2.05, 4.69) is 19.2 Å². The molecule has 0 heterocycles. The van der Waals surface area contributed by atoms with Crippen LogP contribution in [0.3, 0.4) is 0 Å². The average Bonchev–Trinajstić information content (AvgIpc) is 2.13. The predicted octanol–water partition coefficient (Wildman–Crippen LogP) is 0.414. The first kappa shape index (κ1) is 16.1. The Morgan fingerprint density at radius 1 is 1.31 bits per heavy atom.